The van der Waals surface area contributed by atoms with Crippen molar-refractivity contribution in [1.29, 1.82) is 5.41 Å². The maximum atomic E-state index is 13.4. The Balaban J connectivity index is 0.00000456. The number of aromatic nitrogens is 4. The van der Waals surface area contributed by atoms with Crippen molar-refractivity contribution < 1.29 is 19.0 Å². The fourth-order valence-electron chi connectivity index (χ4n) is 3.91. The monoisotopic (exact) mass is 519 g/mol. The summed E-state index contributed by atoms with van der Waals surface area (Å²) >= 11 is 0. The fourth-order valence-corrected chi connectivity index (χ4v) is 3.91. The molecule has 0 aliphatic carbocycles. The summed E-state index contributed by atoms with van der Waals surface area (Å²) in [5, 5.41) is 17.4. The van der Waals surface area contributed by atoms with Gasteiger partial charge in [-0.3, -0.25) is 10.2 Å². The number of ketones is 1. The first kappa shape index (κ1) is 29.3. The SMILES string of the molecule is CCOCc1cc(C(=O)Cn2nc3ccc(OC(CC)CC)nn3c2=N)cc(C(C)(C)C)c1OC.Cl. The summed E-state index contributed by atoms with van der Waals surface area (Å²) in [6.07, 6.45) is 1.79. The molecule has 3 rings (SSSR count). The highest BCUT2D eigenvalue weighted by molar-refractivity contribution is 5.96. The lowest BCUT2D eigenvalue weighted by atomic mass is 9.83. The number of carbonyl (C=O) groups is 1. The van der Waals surface area contributed by atoms with E-state index in [0.717, 1.165) is 29.7 Å². The van der Waals surface area contributed by atoms with Crippen molar-refractivity contribution in [2.75, 3.05) is 13.7 Å². The maximum Gasteiger partial charge on any atom is 0.242 e. The van der Waals surface area contributed by atoms with Gasteiger partial charge >= 0.3 is 0 Å². The quantitative estimate of drug-likeness (QED) is 0.367. The number of ether oxygens (including phenoxy) is 3. The molecule has 9 nitrogen and oxygen atoms in total. The summed E-state index contributed by atoms with van der Waals surface area (Å²) < 4.78 is 20.0. The van der Waals surface area contributed by atoms with Gasteiger partial charge in [0.2, 0.25) is 11.5 Å². The normalized spacial score (nSPS) is 11.6. The van der Waals surface area contributed by atoms with Gasteiger partial charge in [0.25, 0.3) is 0 Å². The van der Waals surface area contributed by atoms with Crippen LogP contribution >= 0.6 is 12.4 Å². The molecule has 0 spiro atoms. The zero-order valence-corrected chi connectivity index (χ0v) is 23.1. The number of benzene rings is 1. The topological polar surface area (TPSA) is 104 Å². The maximum absolute atomic E-state index is 13.4. The van der Waals surface area contributed by atoms with Crippen LogP contribution in [0.25, 0.3) is 5.65 Å². The summed E-state index contributed by atoms with van der Waals surface area (Å²) in [6.45, 7) is 13.1. The van der Waals surface area contributed by atoms with Crippen molar-refractivity contribution in [3.8, 4) is 11.6 Å². The molecular formula is C26H38ClN5O4. The van der Waals surface area contributed by atoms with Gasteiger partial charge in [-0.1, -0.05) is 34.6 Å². The number of rotatable bonds is 11. The van der Waals surface area contributed by atoms with Gasteiger partial charge in [0.05, 0.1) is 19.8 Å². The first-order valence-corrected chi connectivity index (χ1v) is 12.1. The molecule has 0 saturated heterocycles. The highest BCUT2D eigenvalue weighted by Crippen LogP contribution is 2.36. The molecule has 0 fully saturated rings. The Bertz CT molecular complexity index is 1240. The summed E-state index contributed by atoms with van der Waals surface area (Å²) in [7, 11) is 1.63. The third-order valence-corrected chi connectivity index (χ3v) is 5.91. The lowest BCUT2D eigenvalue weighted by molar-refractivity contribution is 0.0964. The molecule has 36 heavy (non-hydrogen) atoms. The Morgan fingerprint density at radius 3 is 2.39 bits per heavy atom. The zero-order valence-electron chi connectivity index (χ0n) is 22.3. The van der Waals surface area contributed by atoms with E-state index in [-0.39, 0.29) is 41.9 Å². The number of nitrogens with zero attached hydrogens (tertiary/aromatic N) is 4. The second kappa shape index (κ2) is 12.4. The van der Waals surface area contributed by atoms with Gasteiger partial charge in [0.15, 0.2) is 11.4 Å². The molecule has 198 valence electrons. The highest BCUT2D eigenvalue weighted by Gasteiger charge is 2.24. The summed E-state index contributed by atoms with van der Waals surface area (Å²) in [4.78, 5) is 13.4. The second-order valence-corrected chi connectivity index (χ2v) is 9.51. The van der Waals surface area contributed by atoms with Gasteiger partial charge in [-0.2, -0.15) is 4.52 Å². The van der Waals surface area contributed by atoms with Crippen LogP contribution in [0.1, 0.15) is 75.9 Å². The lowest BCUT2D eigenvalue weighted by Crippen LogP contribution is -2.27. The number of hydrogen-bond donors (Lipinski definition) is 1. The molecule has 0 unspecified atom stereocenters. The van der Waals surface area contributed by atoms with E-state index in [2.05, 4.69) is 44.8 Å². The van der Waals surface area contributed by atoms with Gasteiger partial charge in [-0.15, -0.1) is 22.6 Å². The number of nitrogens with one attached hydrogen (secondary N) is 1. The number of methoxy groups -OCH3 is 1. The van der Waals surface area contributed by atoms with Crippen LogP contribution in [-0.2, 0) is 23.3 Å². The molecule has 0 saturated carbocycles. The Kier molecular flexibility index (Phi) is 10.1. The molecule has 2 heterocycles. The fraction of sp³-hybridized carbons (Fsp3) is 0.538. The predicted molar refractivity (Wildman–Crippen MR) is 140 cm³/mol. The van der Waals surface area contributed by atoms with Crippen LogP contribution in [0.5, 0.6) is 11.6 Å². The first-order chi connectivity index (χ1) is 16.6. The van der Waals surface area contributed by atoms with E-state index in [9.17, 15) is 4.79 Å². The van der Waals surface area contributed by atoms with Gasteiger partial charge in [-0.05, 0) is 43.4 Å². The van der Waals surface area contributed by atoms with Gasteiger partial charge in [0.1, 0.15) is 12.3 Å². The average Bonchev–Trinajstić information content (AvgIpc) is 3.14. The highest BCUT2D eigenvalue weighted by atomic mass is 35.5. The van der Waals surface area contributed by atoms with Crippen LogP contribution in [0.4, 0.5) is 0 Å². The van der Waals surface area contributed by atoms with Crippen molar-refractivity contribution in [2.24, 2.45) is 0 Å². The largest absolute Gasteiger partial charge is 0.496 e. The van der Waals surface area contributed by atoms with Crippen LogP contribution in [0.15, 0.2) is 24.3 Å². The molecule has 0 bridgehead atoms. The molecule has 1 aromatic carbocycles. The van der Waals surface area contributed by atoms with Crippen LogP contribution in [0, 0.1) is 5.41 Å². The lowest BCUT2D eigenvalue weighted by Gasteiger charge is -2.25. The van der Waals surface area contributed by atoms with E-state index in [1.807, 2.05) is 19.1 Å². The van der Waals surface area contributed by atoms with Crippen molar-refractivity contribution in [3.63, 3.8) is 0 Å². The zero-order chi connectivity index (χ0) is 25.8. The molecule has 1 N–H and O–H groups in total. The molecule has 0 radical (unpaired) electrons. The van der Waals surface area contributed by atoms with Crippen molar-refractivity contribution in [1.82, 2.24) is 19.4 Å². The molecule has 0 aliphatic rings. The molecule has 3 aromatic rings. The van der Waals surface area contributed by atoms with Gasteiger partial charge in [-0.25, -0.2) is 4.68 Å². The summed E-state index contributed by atoms with van der Waals surface area (Å²) in [5.41, 5.74) is 2.51. The van der Waals surface area contributed by atoms with Crippen molar-refractivity contribution in [2.45, 2.75) is 79.1 Å². The molecule has 0 aliphatic heterocycles. The molecule has 2 aromatic heterocycles. The van der Waals surface area contributed by atoms with E-state index in [1.54, 1.807) is 19.2 Å². The third kappa shape index (κ3) is 6.44. The van der Waals surface area contributed by atoms with E-state index >= 15 is 0 Å². The van der Waals surface area contributed by atoms with Gasteiger partial charge < -0.3 is 14.2 Å². The molecule has 10 heteroatoms. The minimum Gasteiger partial charge on any atom is -0.496 e. The number of carbonyl (C=O) groups excluding carboxylic acids is 1. The van der Waals surface area contributed by atoms with E-state index in [0.29, 0.717) is 30.3 Å². The second-order valence-electron chi connectivity index (χ2n) is 9.51. The van der Waals surface area contributed by atoms with Crippen LogP contribution < -0.4 is 15.1 Å². The first-order valence-electron chi connectivity index (χ1n) is 12.1. The minimum atomic E-state index is -0.241. The number of Topliss-reactive ketones (excluding diaryl/α,β-unsaturated/α-hetero) is 1. The smallest absolute Gasteiger partial charge is 0.242 e. The minimum absolute atomic E-state index is 0. The van der Waals surface area contributed by atoms with E-state index < -0.39 is 0 Å². The van der Waals surface area contributed by atoms with Crippen LogP contribution in [0.2, 0.25) is 0 Å². The molecule has 0 atom stereocenters. The Morgan fingerprint density at radius 2 is 1.81 bits per heavy atom. The Hall–Kier alpha value is -2.91. The van der Waals surface area contributed by atoms with Crippen molar-refractivity contribution >= 4 is 23.8 Å². The third-order valence-electron chi connectivity index (χ3n) is 5.91. The average molecular weight is 520 g/mol. The molecular weight excluding hydrogens is 482 g/mol. The Labute approximate surface area is 218 Å². The standard InChI is InChI=1S/C26H37N5O4.ClH/c1-8-19(9-2)35-23-12-11-22-28-30(25(27)31(22)29-23)15-21(32)17-13-18(16-34-10-3)24(33-7)20(14-17)26(4,5)6;/h11-14,19,27H,8-10,15-16H2,1-7H3;1H. The van der Waals surface area contributed by atoms with Crippen molar-refractivity contribution in [3.05, 3.63) is 46.6 Å². The molecule has 0 amide bonds. The van der Waals surface area contributed by atoms with E-state index in [4.69, 9.17) is 19.6 Å². The van der Waals surface area contributed by atoms with Crippen LogP contribution in [-0.4, -0.2) is 45.0 Å². The predicted octanol–water partition coefficient (Wildman–Crippen LogP) is 4.72. The van der Waals surface area contributed by atoms with E-state index in [1.165, 1.54) is 9.20 Å². The van der Waals surface area contributed by atoms with Gasteiger partial charge in [0, 0.05) is 29.4 Å². The Morgan fingerprint density at radius 1 is 1.11 bits per heavy atom. The number of hydrogen-bond acceptors (Lipinski definition) is 7. The van der Waals surface area contributed by atoms with Crippen LogP contribution in [0.3, 0.4) is 0 Å². The number of fused-ring (bicyclic) bond motifs is 1. The summed E-state index contributed by atoms with van der Waals surface area (Å²) in [5.74, 6) is 1.01. The summed E-state index contributed by atoms with van der Waals surface area (Å²) in [6, 6.07) is 7.17. The number of halogens is 1.